The lowest BCUT2D eigenvalue weighted by Gasteiger charge is -1.98. The fraction of sp³-hybridized carbons (Fsp3) is 0.286. The molecule has 2 N–H and O–H groups in total. The van der Waals surface area contributed by atoms with E-state index in [-0.39, 0.29) is 5.97 Å². The second-order valence-electron chi connectivity index (χ2n) is 2.01. The second-order valence-corrected chi connectivity index (χ2v) is 4.13. The zero-order valence-corrected chi connectivity index (χ0v) is 8.21. The summed E-state index contributed by atoms with van der Waals surface area (Å²) in [4.78, 5) is 11.7. The van der Waals surface area contributed by atoms with Crippen LogP contribution in [0.3, 0.4) is 0 Å². The van der Waals surface area contributed by atoms with Crippen molar-refractivity contribution in [3.8, 4) is 0 Å². The van der Waals surface area contributed by atoms with Gasteiger partial charge < -0.3 is 10.5 Å². The van der Waals surface area contributed by atoms with E-state index in [1.807, 2.05) is 0 Å². The summed E-state index contributed by atoms with van der Waals surface area (Å²) in [5.41, 5.74) is 6.20. The van der Waals surface area contributed by atoms with Crippen LogP contribution in [0, 0.1) is 0 Å². The molecule has 0 aliphatic carbocycles. The molecule has 0 atom stereocenters. The third kappa shape index (κ3) is 2.49. The molecule has 0 unspecified atom stereocenters. The fourth-order valence-corrected chi connectivity index (χ4v) is 2.59. The van der Waals surface area contributed by atoms with E-state index in [0.29, 0.717) is 12.3 Å². The molecule has 66 valence electrons. The van der Waals surface area contributed by atoms with Gasteiger partial charge in [0.2, 0.25) is 0 Å². The molecule has 12 heavy (non-hydrogen) atoms. The van der Waals surface area contributed by atoms with Gasteiger partial charge in [-0.1, -0.05) is 21.6 Å². The highest BCUT2D eigenvalue weighted by molar-refractivity contribution is 8.79. The first-order valence-corrected chi connectivity index (χ1v) is 5.63. The summed E-state index contributed by atoms with van der Waals surface area (Å²) in [5.74, 6) is -0.334. The summed E-state index contributed by atoms with van der Waals surface area (Å²) in [6.45, 7) is 2.16. The number of ether oxygens (including phenoxy) is 1. The number of hydrogen-bond donors (Lipinski definition) is 1. The average molecular weight is 203 g/mol. The van der Waals surface area contributed by atoms with Crippen molar-refractivity contribution in [1.29, 1.82) is 0 Å². The predicted octanol–water partition coefficient (Wildman–Crippen LogP) is 1.63. The maximum atomic E-state index is 10.9. The van der Waals surface area contributed by atoms with Gasteiger partial charge in [-0.2, -0.15) is 0 Å². The molecule has 0 spiro atoms. The first kappa shape index (κ1) is 9.54. The van der Waals surface area contributed by atoms with Crippen LogP contribution in [0.25, 0.3) is 0 Å². The Bertz CT molecular complexity index is 248. The molecule has 0 fully saturated rings. The summed E-state index contributed by atoms with van der Waals surface area (Å²) in [6, 6.07) is 0. The van der Waals surface area contributed by atoms with Gasteiger partial charge in [0.05, 0.1) is 12.3 Å². The van der Waals surface area contributed by atoms with Crippen molar-refractivity contribution in [2.75, 3.05) is 6.61 Å². The van der Waals surface area contributed by atoms with Crippen LogP contribution >= 0.6 is 21.6 Å². The minimum Gasteiger partial charge on any atom is -0.463 e. The third-order valence-electron chi connectivity index (χ3n) is 1.13. The summed E-state index contributed by atoms with van der Waals surface area (Å²) in [5, 5.41) is 1.80. The Morgan fingerprint density at radius 3 is 3.08 bits per heavy atom. The molecule has 0 radical (unpaired) electrons. The molecule has 1 aliphatic heterocycles. The third-order valence-corrected chi connectivity index (χ3v) is 3.23. The Morgan fingerprint density at radius 1 is 1.83 bits per heavy atom. The topological polar surface area (TPSA) is 52.3 Å². The van der Waals surface area contributed by atoms with Gasteiger partial charge in [-0.05, 0) is 6.92 Å². The molecular formula is C7H9NO2S2. The van der Waals surface area contributed by atoms with E-state index in [2.05, 4.69) is 0 Å². The Morgan fingerprint density at radius 2 is 2.58 bits per heavy atom. The van der Waals surface area contributed by atoms with Crippen molar-refractivity contribution in [1.82, 2.24) is 0 Å². The Hall–Kier alpha value is -0.550. The molecule has 3 nitrogen and oxygen atoms in total. The van der Waals surface area contributed by atoms with E-state index in [1.165, 1.54) is 27.7 Å². The maximum Gasteiger partial charge on any atom is 0.331 e. The van der Waals surface area contributed by atoms with Crippen LogP contribution in [0.2, 0.25) is 0 Å². The quantitative estimate of drug-likeness (QED) is 0.420. The predicted molar refractivity (Wildman–Crippen MR) is 52.2 cm³/mol. The van der Waals surface area contributed by atoms with E-state index < -0.39 is 0 Å². The van der Waals surface area contributed by atoms with Crippen LogP contribution in [0.1, 0.15) is 6.92 Å². The van der Waals surface area contributed by atoms with E-state index >= 15 is 0 Å². The standard InChI is InChI=1S/C7H9NO2S2/c1-2-10-7(9)3-6-5(8)4-11-12-6/h3-4H,2,8H2,1H3/b6-3-. The highest BCUT2D eigenvalue weighted by atomic mass is 33.1. The molecule has 0 aromatic heterocycles. The number of carbonyl (C=O) groups is 1. The molecule has 1 heterocycles. The molecule has 0 bridgehead atoms. The molecule has 1 aliphatic rings. The largest absolute Gasteiger partial charge is 0.463 e. The summed E-state index contributed by atoms with van der Waals surface area (Å²) in [6.07, 6.45) is 1.42. The van der Waals surface area contributed by atoms with Gasteiger partial charge in [0.25, 0.3) is 0 Å². The number of carbonyl (C=O) groups excluding carboxylic acids is 1. The highest BCUT2D eigenvalue weighted by Crippen LogP contribution is 2.41. The van der Waals surface area contributed by atoms with Crippen LogP contribution < -0.4 is 5.73 Å². The van der Waals surface area contributed by atoms with Gasteiger partial charge in [0, 0.05) is 16.4 Å². The van der Waals surface area contributed by atoms with Gasteiger partial charge in [0.1, 0.15) is 0 Å². The normalized spacial score (nSPS) is 19.4. The number of esters is 1. The summed E-state index contributed by atoms with van der Waals surface area (Å²) >= 11 is 0. The first-order chi connectivity index (χ1) is 5.74. The molecule has 0 aromatic rings. The Labute approximate surface area is 78.8 Å². The van der Waals surface area contributed by atoms with E-state index in [1.54, 1.807) is 12.3 Å². The van der Waals surface area contributed by atoms with E-state index in [9.17, 15) is 4.79 Å². The lowest BCUT2D eigenvalue weighted by molar-refractivity contribution is -0.137. The van der Waals surface area contributed by atoms with Crippen LogP contribution in [0.4, 0.5) is 0 Å². The molecule has 0 amide bonds. The Balaban J connectivity index is 2.57. The van der Waals surface area contributed by atoms with Crippen molar-refractivity contribution in [2.24, 2.45) is 5.73 Å². The zero-order valence-electron chi connectivity index (χ0n) is 6.57. The maximum absolute atomic E-state index is 10.9. The van der Waals surface area contributed by atoms with Crippen LogP contribution in [-0.2, 0) is 9.53 Å². The Kier molecular flexibility index (Phi) is 3.55. The first-order valence-electron chi connectivity index (χ1n) is 3.42. The molecule has 1 rings (SSSR count). The minimum absolute atomic E-state index is 0.334. The number of nitrogens with two attached hydrogens (primary N) is 1. The molecule has 0 saturated carbocycles. The van der Waals surface area contributed by atoms with Gasteiger partial charge in [-0.25, -0.2) is 4.79 Å². The van der Waals surface area contributed by atoms with E-state index in [0.717, 1.165) is 4.91 Å². The molecule has 0 saturated heterocycles. The van der Waals surface area contributed by atoms with Crippen molar-refractivity contribution in [2.45, 2.75) is 6.92 Å². The van der Waals surface area contributed by atoms with Crippen LogP contribution in [0.5, 0.6) is 0 Å². The van der Waals surface area contributed by atoms with Crippen molar-refractivity contribution >= 4 is 27.6 Å². The summed E-state index contributed by atoms with van der Waals surface area (Å²) < 4.78 is 4.73. The van der Waals surface area contributed by atoms with Crippen molar-refractivity contribution < 1.29 is 9.53 Å². The molecule has 0 aromatic carbocycles. The molecular weight excluding hydrogens is 194 g/mol. The van der Waals surface area contributed by atoms with Crippen LogP contribution in [-0.4, -0.2) is 12.6 Å². The number of rotatable bonds is 2. The highest BCUT2D eigenvalue weighted by Gasteiger charge is 2.11. The van der Waals surface area contributed by atoms with Crippen LogP contribution in [0.15, 0.2) is 22.1 Å². The molecule has 5 heteroatoms. The second kappa shape index (κ2) is 4.47. The lowest BCUT2D eigenvalue weighted by Crippen LogP contribution is -2.02. The SMILES string of the molecule is CCOC(=O)/C=C1\SSC=C1N. The fourth-order valence-electron chi connectivity index (χ4n) is 0.632. The average Bonchev–Trinajstić information content (AvgIpc) is 2.37. The van der Waals surface area contributed by atoms with Gasteiger partial charge in [-0.15, -0.1) is 0 Å². The smallest absolute Gasteiger partial charge is 0.331 e. The zero-order chi connectivity index (χ0) is 8.97. The lowest BCUT2D eigenvalue weighted by atomic mass is 10.4. The minimum atomic E-state index is -0.334. The van der Waals surface area contributed by atoms with Crippen molar-refractivity contribution in [3.05, 3.63) is 22.1 Å². The van der Waals surface area contributed by atoms with Gasteiger partial charge in [-0.3, -0.25) is 0 Å². The van der Waals surface area contributed by atoms with Gasteiger partial charge in [0.15, 0.2) is 0 Å². The summed E-state index contributed by atoms with van der Waals surface area (Å²) in [7, 11) is 2.97. The van der Waals surface area contributed by atoms with Gasteiger partial charge >= 0.3 is 5.97 Å². The van der Waals surface area contributed by atoms with Crippen molar-refractivity contribution in [3.63, 3.8) is 0 Å². The monoisotopic (exact) mass is 203 g/mol. The number of hydrogen-bond acceptors (Lipinski definition) is 5. The van der Waals surface area contributed by atoms with E-state index in [4.69, 9.17) is 10.5 Å².